The number of carbonyl (C=O) groups is 1. The topological polar surface area (TPSA) is 68.5 Å². The van der Waals surface area contributed by atoms with E-state index in [0.717, 1.165) is 5.56 Å². The average Bonchev–Trinajstić information content (AvgIpc) is 2.98. The van der Waals surface area contributed by atoms with E-state index < -0.39 is 5.25 Å². The van der Waals surface area contributed by atoms with Crippen LogP contribution >= 0.6 is 35.0 Å². The molecule has 2 aromatic heterocycles. The highest BCUT2D eigenvalue weighted by Crippen LogP contribution is 2.29. The molecule has 0 radical (unpaired) electrons. The van der Waals surface area contributed by atoms with Crippen LogP contribution < -0.4 is 10.1 Å². The minimum atomic E-state index is -0.426. The second kappa shape index (κ2) is 7.73. The third-order valence-electron chi connectivity index (χ3n) is 3.66. The van der Waals surface area contributed by atoms with Crippen LogP contribution in [0.15, 0.2) is 35.6 Å². The van der Waals surface area contributed by atoms with Crippen LogP contribution in [0.3, 0.4) is 0 Å². The number of halogens is 2. The van der Waals surface area contributed by atoms with Crippen LogP contribution in [0.5, 0.6) is 5.75 Å². The molecule has 0 aliphatic heterocycles. The molecule has 0 fully saturated rings. The maximum absolute atomic E-state index is 12.6. The van der Waals surface area contributed by atoms with E-state index in [1.807, 2.05) is 25.1 Å². The number of rotatable bonds is 5. The lowest BCUT2D eigenvalue weighted by Gasteiger charge is -2.14. The number of aryl methyl sites for hydroxylation is 1. The summed E-state index contributed by atoms with van der Waals surface area (Å²) in [6, 6.07) is 7.20. The summed E-state index contributed by atoms with van der Waals surface area (Å²) in [4.78, 5) is 12.6. The van der Waals surface area contributed by atoms with Crippen LogP contribution in [-0.4, -0.2) is 32.9 Å². The van der Waals surface area contributed by atoms with E-state index in [2.05, 4.69) is 15.5 Å². The monoisotopic (exact) mass is 410 g/mol. The van der Waals surface area contributed by atoms with Crippen molar-refractivity contribution >= 4 is 52.2 Å². The van der Waals surface area contributed by atoms with Crippen molar-refractivity contribution < 1.29 is 9.53 Å². The van der Waals surface area contributed by atoms with Gasteiger partial charge in [0, 0.05) is 6.20 Å². The summed E-state index contributed by atoms with van der Waals surface area (Å²) >= 11 is 13.4. The Balaban J connectivity index is 1.79. The number of ether oxygens (including phenoxy) is 1. The third-order valence-corrected chi connectivity index (χ3v) is 5.20. The van der Waals surface area contributed by atoms with Gasteiger partial charge in [-0.1, -0.05) is 41.0 Å². The first-order chi connectivity index (χ1) is 12.4. The molecule has 6 nitrogen and oxygen atoms in total. The number of nitrogens with zero attached hydrogens (tertiary/aromatic N) is 3. The van der Waals surface area contributed by atoms with Gasteiger partial charge in [0.25, 0.3) is 0 Å². The SMILES string of the molecule is COc1ccc(C)cc1NC(=O)[C@H](C)Sc1nnc2c(Cl)cc(Cl)cn12. The molecule has 26 heavy (non-hydrogen) atoms. The highest BCUT2D eigenvalue weighted by Gasteiger charge is 2.20. The number of pyridine rings is 1. The Bertz CT molecular complexity index is 977. The van der Waals surface area contributed by atoms with Crippen molar-refractivity contribution in [2.24, 2.45) is 0 Å². The molecule has 0 bridgehead atoms. The Labute approximate surface area is 164 Å². The molecule has 3 aromatic rings. The van der Waals surface area contributed by atoms with Crippen molar-refractivity contribution in [3.63, 3.8) is 0 Å². The lowest BCUT2D eigenvalue weighted by molar-refractivity contribution is -0.115. The molecule has 0 unspecified atom stereocenters. The van der Waals surface area contributed by atoms with Crippen molar-refractivity contribution in [2.45, 2.75) is 24.3 Å². The van der Waals surface area contributed by atoms with Gasteiger partial charge in [-0.15, -0.1) is 10.2 Å². The van der Waals surface area contributed by atoms with E-state index in [0.29, 0.717) is 32.3 Å². The highest BCUT2D eigenvalue weighted by atomic mass is 35.5. The fourth-order valence-electron chi connectivity index (χ4n) is 2.35. The lowest BCUT2D eigenvalue weighted by atomic mass is 10.2. The fourth-order valence-corrected chi connectivity index (χ4v) is 3.68. The van der Waals surface area contributed by atoms with Gasteiger partial charge >= 0.3 is 0 Å². The summed E-state index contributed by atoms with van der Waals surface area (Å²) in [5, 5.41) is 12.0. The number of aromatic nitrogens is 3. The van der Waals surface area contributed by atoms with Crippen molar-refractivity contribution in [3.05, 3.63) is 46.1 Å². The Morgan fingerprint density at radius 1 is 1.31 bits per heavy atom. The number of methoxy groups -OCH3 is 1. The van der Waals surface area contributed by atoms with Gasteiger partial charge in [0.2, 0.25) is 5.91 Å². The molecular weight excluding hydrogens is 395 g/mol. The first kappa shape index (κ1) is 18.8. The summed E-state index contributed by atoms with van der Waals surface area (Å²) in [6.07, 6.45) is 1.67. The normalized spacial score (nSPS) is 12.2. The second-order valence-corrected chi connectivity index (χ2v) is 7.79. The number of anilines is 1. The predicted molar refractivity (Wildman–Crippen MR) is 105 cm³/mol. The zero-order valence-corrected chi connectivity index (χ0v) is 16.6. The van der Waals surface area contributed by atoms with Gasteiger partial charge in [0.15, 0.2) is 10.8 Å². The Kier molecular flexibility index (Phi) is 5.60. The van der Waals surface area contributed by atoms with E-state index >= 15 is 0 Å². The van der Waals surface area contributed by atoms with Gasteiger partial charge in [-0.3, -0.25) is 9.20 Å². The van der Waals surface area contributed by atoms with Crippen LogP contribution in [0.2, 0.25) is 10.0 Å². The van der Waals surface area contributed by atoms with Crippen LogP contribution in [0, 0.1) is 6.92 Å². The number of fused-ring (bicyclic) bond motifs is 1. The summed E-state index contributed by atoms with van der Waals surface area (Å²) in [6.45, 7) is 3.73. The minimum Gasteiger partial charge on any atom is -0.495 e. The second-order valence-electron chi connectivity index (χ2n) is 5.64. The number of hydrogen-bond donors (Lipinski definition) is 1. The largest absolute Gasteiger partial charge is 0.495 e. The van der Waals surface area contributed by atoms with Gasteiger partial charge < -0.3 is 10.1 Å². The van der Waals surface area contributed by atoms with E-state index in [-0.39, 0.29) is 5.91 Å². The zero-order chi connectivity index (χ0) is 18.8. The van der Waals surface area contributed by atoms with E-state index in [1.165, 1.54) is 11.8 Å². The van der Waals surface area contributed by atoms with Gasteiger partial charge in [-0.2, -0.15) is 0 Å². The van der Waals surface area contributed by atoms with E-state index in [4.69, 9.17) is 27.9 Å². The molecule has 0 aliphatic carbocycles. The fraction of sp³-hybridized carbons (Fsp3) is 0.235. The van der Waals surface area contributed by atoms with Crippen molar-refractivity contribution in [2.75, 3.05) is 12.4 Å². The van der Waals surface area contributed by atoms with Crippen LogP contribution in [0.4, 0.5) is 5.69 Å². The zero-order valence-electron chi connectivity index (χ0n) is 14.3. The highest BCUT2D eigenvalue weighted by molar-refractivity contribution is 8.00. The number of amides is 1. The first-order valence-corrected chi connectivity index (χ1v) is 9.34. The quantitative estimate of drug-likeness (QED) is 0.628. The molecule has 3 rings (SSSR count). The maximum Gasteiger partial charge on any atom is 0.237 e. The molecule has 1 aromatic carbocycles. The number of benzene rings is 1. The smallest absolute Gasteiger partial charge is 0.237 e. The van der Waals surface area contributed by atoms with Gasteiger partial charge in [-0.25, -0.2) is 0 Å². The Hall–Kier alpha value is -1.96. The van der Waals surface area contributed by atoms with E-state index in [1.54, 1.807) is 30.7 Å². The Morgan fingerprint density at radius 2 is 2.08 bits per heavy atom. The molecule has 1 atom stereocenters. The van der Waals surface area contributed by atoms with Crippen molar-refractivity contribution in [1.82, 2.24) is 14.6 Å². The molecule has 0 spiro atoms. The molecule has 136 valence electrons. The standard InChI is InChI=1S/C17H16Cl2N4O2S/c1-9-4-5-14(25-3)13(6-9)20-16(24)10(2)26-17-22-21-15-12(19)7-11(18)8-23(15)17/h4-8,10H,1-3H3,(H,20,24)/t10-/m0/s1. The van der Waals surface area contributed by atoms with Gasteiger partial charge in [-0.05, 0) is 37.6 Å². The Morgan fingerprint density at radius 3 is 2.81 bits per heavy atom. The first-order valence-electron chi connectivity index (χ1n) is 7.71. The van der Waals surface area contributed by atoms with Crippen LogP contribution in [0.25, 0.3) is 5.65 Å². The lowest BCUT2D eigenvalue weighted by Crippen LogP contribution is -2.23. The number of thioether (sulfide) groups is 1. The molecule has 1 N–H and O–H groups in total. The molecule has 2 heterocycles. The van der Waals surface area contributed by atoms with Gasteiger partial charge in [0.1, 0.15) is 5.75 Å². The van der Waals surface area contributed by atoms with Crippen molar-refractivity contribution in [3.8, 4) is 5.75 Å². The summed E-state index contributed by atoms with van der Waals surface area (Å²) in [7, 11) is 1.56. The van der Waals surface area contributed by atoms with Crippen LogP contribution in [-0.2, 0) is 4.79 Å². The molecule has 0 saturated carbocycles. The van der Waals surface area contributed by atoms with Crippen molar-refractivity contribution in [1.29, 1.82) is 0 Å². The molecule has 1 amide bonds. The third kappa shape index (κ3) is 3.90. The molecule has 0 aliphatic rings. The number of carbonyl (C=O) groups excluding carboxylic acids is 1. The number of hydrogen-bond acceptors (Lipinski definition) is 5. The number of nitrogens with one attached hydrogen (secondary N) is 1. The van der Waals surface area contributed by atoms with Gasteiger partial charge in [0.05, 0.1) is 28.1 Å². The summed E-state index contributed by atoms with van der Waals surface area (Å²) in [5.41, 5.74) is 2.14. The summed E-state index contributed by atoms with van der Waals surface area (Å²) in [5.74, 6) is 0.427. The van der Waals surface area contributed by atoms with E-state index in [9.17, 15) is 4.79 Å². The van der Waals surface area contributed by atoms with Crippen LogP contribution in [0.1, 0.15) is 12.5 Å². The summed E-state index contributed by atoms with van der Waals surface area (Å²) < 4.78 is 6.97. The minimum absolute atomic E-state index is 0.177. The average molecular weight is 411 g/mol. The molecular formula is C17H16Cl2N4O2S. The maximum atomic E-state index is 12.6. The molecule has 0 saturated heterocycles. The molecule has 9 heteroatoms. The predicted octanol–water partition coefficient (Wildman–Crippen LogP) is 4.47.